The second-order valence-corrected chi connectivity index (χ2v) is 6.25. The van der Waals surface area contributed by atoms with E-state index in [1.54, 1.807) is 22.5 Å². The Hall–Kier alpha value is -1.93. The first-order valence-electron chi connectivity index (χ1n) is 6.49. The van der Waals surface area contributed by atoms with Crippen molar-refractivity contribution in [1.29, 1.82) is 0 Å². The van der Waals surface area contributed by atoms with E-state index in [2.05, 4.69) is 15.4 Å². The van der Waals surface area contributed by atoms with E-state index in [0.29, 0.717) is 11.1 Å². The van der Waals surface area contributed by atoms with Crippen LogP contribution in [0.4, 0.5) is 5.95 Å². The standard InChI is InChI=1S/C14H14N4O2S2/c1-21-9-5-3-8(4-6-9)11-7-10(12(19)20)15-13-16-14(22-2)17-18(11)13/h3-7,11H,1-2H3,(H,19,20)(H,15,16,17). The predicted octanol–water partition coefficient (Wildman–Crippen LogP) is 2.71. The fraction of sp³-hybridized carbons (Fsp3) is 0.214. The maximum Gasteiger partial charge on any atom is 0.352 e. The third kappa shape index (κ3) is 2.71. The van der Waals surface area contributed by atoms with Crippen molar-refractivity contribution in [2.24, 2.45) is 0 Å². The number of aromatic nitrogens is 3. The lowest BCUT2D eigenvalue weighted by Crippen LogP contribution is -2.24. The number of benzene rings is 1. The summed E-state index contributed by atoms with van der Waals surface area (Å²) in [5.41, 5.74) is 1.09. The van der Waals surface area contributed by atoms with Crippen molar-refractivity contribution in [1.82, 2.24) is 14.8 Å². The monoisotopic (exact) mass is 334 g/mol. The number of rotatable bonds is 4. The van der Waals surface area contributed by atoms with Crippen molar-refractivity contribution < 1.29 is 9.90 Å². The Morgan fingerprint density at radius 1 is 1.27 bits per heavy atom. The molecule has 2 N–H and O–H groups in total. The van der Waals surface area contributed by atoms with E-state index in [1.807, 2.05) is 36.8 Å². The van der Waals surface area contributed by atoms with Gasteiger partial charge in [0, 0.05) is 4.90 Å². The number of nitrogens with zero attached hydrogens (tertiary/aromatic N) is 3. The molecule has 2 aromatic rings. The largest absolute Gasteiger partial charge is 0.477 e. The van der Waals surface area contributed by atoms with Crippen molar-refractivity contribution in [3.8, 4) is 0 Å². The molecule has 0 bridgehead atoms. The number of nitrogens with one attached hydrogen (secondary N) is 1. The lowest BCUT2D eigenvalue weighted by Gasteiger charge is -2.22. The summed E-state index contributed by atoms with van der Waals surface area (Å²) < 4.78 is 1.71. The van der Waals surface area contributed by atoms with E-state index in [4.69, 9.17) is 0 Å². The lowest BCUT2D eigenvalue weighted by molar-refractivity contribution is -0.132. The van der Waals surface area contributed by atoms with Crippen LogP contribution in [-0.4, -0.2) is 38.4 Å². The van der Waals surface area contributed by atoms with Gasteiger partial charge in [-0.2, -0.15) is 4.98 Å². The Labute approximate surface area is 136 Å². The lowest BCUT2D eigenvalue weighted by atomic mass is 10.0. The second kappa shape index (κ2) is 6.05. The van der Waals surface area contributed by atoms with E-state index in [9.17, 15) is 9.90 Å². The number of thioether (sulfide) groups is 2. The van der Waals surface area contributed by atoms with Gasteiger partial charge in [-0.15, -0.1) is 16.9 Å². The summed E-state index contributed by atoms with van der Waals surface area (Å²) in [6.45, 7) is 0. The molecule has 0 saturated carbocycles. The number of carbonyl (C=O) groups is 1. The minimum absolute atomic E-state index is 0.117. The Bertz CT molecular complexity index is 740. The molecular formula is C14H14N4O2S2. The molecule has 2 heterocycles. The topological polar surface area (TPSA) is 80.0 Å². The van der Waals surface area contributed by atoms with E-state index in [0.717, 1.165) is 10.5 Å². The summed E-state index contributed by atoms with van der Waals surface area (Å²) in [4.78, 5) is 16.8. The van der Waals surface area contributed by atoms with Crippen LogP contribution in [0.5, 0.6) is 0 Å². The number of aliphatic carboxylic acids is 1. The van der Waals surface area contributed by atoms with Crippen LogP contribution in [0.25, 0.3) is 0 Å². The Morgan fingerprint density at radius 3 is 2.59 bits per heavy atom. The molecule has 1 aromatic carbocycles. The van der Waals surface area contributed by atoms with Gasteiger partial charge in [0.1, 0.15) is 11.7 Å². The van der Waals surface area contributed by atoms with Gasteiger partial charge in [0.15, 0.2) is 0 Å². The number of carboxylic acids is 1. The van der Waals surface area contributed by atoms with Gasteiger partial charge < -0.3 is 10.4 Å². The molecule has 3 rings (SSSR count). The fourth-order valence-electron chi connectivity index (χ4n) is 2.22. The molecule has 1 atom stereocenters. The molecule has 6 nitrogen and oxygen atoms in total. The molecule has 1 unspecified atom stereocenters. The molecule has 22 heavy (non-hydrogen) atoms. The summed E-state index contributed by atoms with van der Waals surface area (Å²) in [7, 11) is 0. The molecule has 0 radical (unpaired) electrons. The van der Waals surface area contributed by atoms with E-state index >= 15 is 0 Å². The first-order valence-corrected chi connectivity index (χ1v) is 8.94. The highest BCUT2D eigenvalue weighted by molar-refractivity contribution is 7.98. The average molecular weight is 334 g/mol. The first kappa shape index (κ1) is 15.0. The molecule has 0 saturated heterocycles. The first-order chi connectivity index (χ1) is 10.6. The maximum absolute atomic E-state index is 11.3. The molecule has 114 valence electrons. The van der Waals surface area contributed by atoms with E-state index < -0.39 is 5.97 Å². The van der Waals surface area contributed by atoms with Crippen molar-refractivity contribution in [3.63, 3.8) is 0 Å². The van der Waals surface area contributed by atoms with Gasteiger partial charge in [-0.05, 0) is 36.3 Å². The molecule has 0 aliphatic carbocycles. The number of hydrogen-bond acceptors (Lipinski definition) is 6. The number of fused-ring (bicyclic) bond motifs is 1. The van der Waals surface area contributed by atoms with Crippen LogP contribution in [0.2, 0.25) is 0 Å². The zero-order valence-corrected chi connectivity index (χ0v) is 13.6. The maximum atomic E-state index is 11.3. The van der Waals surface area contributed by atoms with Gasteiger partial charge in [-0.3, -0.25) is 0 Å². The SMILES string of the molecule is CSc1ccc(C2C=C(C(=O)O)Nc3nc(SC)nn32)cc1. The van der Waals surface area contributed by atoms with Crippen molar-refractivity contribution >= 4 is 35.4 Å². The van der Waals surface area contributed by atoms with E-state index in [-0.39, 0.29) is 11.7 Å². The molecule has 0 amide bonds. The summed E-state index contributed by atoms with van der Waals surface area (Å²) in [6.07, 6.45) is 5.56. The van der Waals surface area contributed by atoms with Gasteiger partial charge in [0.05, 0.1) is 0 Å². The zero-order valence-electron chi connectivity index (χ0n) is 12.0. The molecule has 1 aliphatic rings. The van der Waals surface area contributed by atoms with Crippen molar-refractivity contribution in [3.05, 3.63) is 41.6 Å². The highest BCUT2D eigenvalue weighted by atomic mass is 32.2. The van der Waals surface area contributed by atoms with Gasteiger partial charge in [0.25, 0.3) is 0 Å². The van der Waals surface area contributed by atoms with Crippen LogP contribution >= 0.6 is 23.5 Å². The molecule has 8 heteroatoms. The highest BCUT2D eigenvalue weighted by Crippen LogP contribution is 2.31. The minimum atomic E-state index is -1.01. The molecule has 0 spiro atoms. The van der Waals surface area contributed by atoms with Crippen LogP contribution in [0.3, 0.4) is 0 Å². The molecule has 1 aromatic heterocycles. The fourth-order valence-corrected chi connectivity index (χ4v) is 2.98. The highest BCUT2D eigenvalue weighted by Gasteiger charge is 2.27. The number of hydrogen-bond donors (Lipinski definition) is 2. The number of carboxylic acid groups (broad SMARTS) is 1. The summed E-state index contributed by atoms with van der Waals surface area (Å²) in [5, 5.41) is 17.1. The van der Waals surface area contributed by atoms with E-state index in [1.165, 1.54) is 11.8 Å². The third-order valence-electron chi connectivity index (χ3n) is 3.32. The number of anilines is 1. The summed E-state index contributed by atoms with van der Waals surface area (Å²) in [6, 6.07) is 7.72. The van der Waals surface area contributed by atoms with Gasteiger partial charge in [-0.1, -0.05) is 23.9 Å². The Morgan fingerprint density at radius 2 is 2.00 bits per heavy atom. The van der Waals surface area contributed by atoms with Gasteiger partial charge in [0.2, 0.25) is 11.1 Å². The molecular weight excluding hydrogens is 320 g/mol. The minimum Gasteiger partial charge on any atom is -0.477 e. The van der Waals surface area contributed by atoms with Crippen molar-refractivity contribution in [2.75, 3.05) is 17.8 Å². The smallest absolute Gasteiger partial charge is 0.352 e. The number of allylic oxidation sites excluding steroid dienone is 1. The van der Waals surface area contributed by atoms with Crippen molar-refractivity contribution in [2.45, 2.75) is 16.1 Å². The predicted molar refractivity (Wildman–Crippen MR) is 87.5 cm³/mol. The zero-order chi connectivity index (χ0) is 15.7. The molecule has 1 aliphatic heterocycles. The van der Waals surface area contributed by atoms with Gasteiger partial charge in [-0.25, -0.2) is 9.48 Å². The quantitative estimate of drug-likeness (QED) is 0.832. The summed E-state index contributed by atoms with van der Waals surface area (Å²) in [5.74, 6) is -0.561. The summed E-state index contributed by atoms with van der Waals surface area (Å²) >= 11 is 3.08. The van der Waals surface area contributed by atoms with Crippen LogP contribution in [0.15, 0.2) is 46.1 Å². The second-order valence-electron chi connectivity index (χ2n) is 4.60. The van der Waals surface area contributed by atoms with Crippen LogP contribution in [0, 0.1) is 0 Å². The average Bonchev–Trinajstić information content (AvgIpc) is 2.97. The normalized spacial score (nSPS) is 16.6. The van der Waals surface area contributed by atoms with Crippen LogP contribution < -0.4 is 5.32 Å². The van der Waals surface area contributed by atoms with Gasteiger partial charge >= 0.3 is 5.97 Å². The molecule has 0 fully saturated rings. The Kier molecular flexibility index (Phi) is 4.12. The third-order valence-corrected chi connectivity index (χ3v) is 4.60. The Balaban J connectivity index is 2.06. The van der Waals surface area contributed by atoms with Crippen LogP contribution in [-0.2, 0) is 4.79 Å². The van der Waals surface area contributed by atoms with Crippen LogP contribution in [0.1, 0.15) is 11.6 Å².